The van der Waals surface area contributed by atoms with Gasteiger partial charge in [-0.25, -0.2) is 0 Å². The van der Waals surface area contributed by atoms with Crippen LogP contribution in [0.2, 0.25) is 10.0 Å². The van der Waals surface area contributed by atoms with E-state index < -0.39 is 5.25 Å². The summed E-state index contributed by atoms with van der Waals surface area (Å²) in [5, 5.41) is 14.2. The third-order valence-electron chi connectivity index (χ3n) is 5.29. The van der Waals surface area contributed by atoms with Crippen LogP contribution in [0.25, 0.3) is 28.0 Å². The van der Waals surface area contributed by atoms with Crippen LogP contribution in [0, 0.1) is 0 Å². The number of carbonyl (C=O) groups is 1. The molecule has 34 heavy (non-hydrogen) atoms. The fourth-order valence-corrected chi connectivity index (χ4v) is 4.81. The lowest BCUT2D eigenvalue weighted by Crippen LogP contribution is -2.22. The summed E-state index contributed by atoms with van der Waals surface area (Å²) >= 11 is 13.5. The Kier molecular flexibility index (Phi) is 6.32. The van der Waals surface area contributed by atoms with E-state index in [1.165, 1.54) is 11.8 Å². The number of rotatable bonds is 6. The molecule has 5 rings (SSSR count). The fraction of sp³-hybridized carbons (Fsp3) is 0.0800. The van der Waals surface area contributed by atoms with Crippen molar-refractivity contribution in [1.29, 1.82) is 0 Å². The predicted octanol–water partition coefficient (Wildman–Crippen LogP) is 6.84. The van der Waals surface area contributed by atoms with E-state index in [-0.39, 0.29) is 5.91 Å². The number of aromatic amines is 1. The van der Waals surface area contributed by atoms with E-state index in [0.717, 1.165) is 22.2 Å². The number of anilines is 1. The Morgan fingerprint density at radius 2 is 1.79 bits per heavy atom. The molecule has 0 aliphatic heterocycles. The van der Waals surface area contributed by atoms with Gasteiger partial charge >= 0.3 is 0 Å². The molecular weight excluding hydrogens is 489 g/mol. The standard InChI is InChI=1S/C25H19Cl2N5OS/c1-15(24(33)29-18-6-4-5-17(27)13-18)34-25-31-30-23(32(25)19-11-9-16(26)10-12-19)21-14-28-22-8-3-2-7-20(21)22/h2-15,28H,1H3,(H,29,33). The van der Waals surface area contributed by atoms with Crippen LogP contribution in [0.5, 0.6) is 0 Å². The second-order valence-electron chi connectivity index (χ2n) is 7.63. The number of nitrogens with zero attached hydrogens (tertiary/aromatic N) is 3. The molecule has 170 valence electrons. The average molecular weight is 508 g/mol. The first-order valence-corrected chi connectivity index (χ1v) is 12.1. The van der Waals surface area contributed by atoms with Crippen molar-refractivity contribution in [3.8, 4) is 17.1 Å². The Morgan fingerprint density at radius 1 is 1.00 bits per heavy atom. The molecule has 2 aromatic heterocycles. The molecule has 0 radical (unpaired) electrons. The van der Waals surface area contributed by atoms with Gasteiger partial charge in [0.15, 0.2) is 11.0 Å². The third kappa shape index (κ3) is 4.55. The average Bonchev–Trinajstić information content (AvgIpc) is 3.43. The SMILES string of the molecule is CC(Sc1nnc(-c2c[nH]c3ccccc23)n1-c1ccc(Cl)cc1)C(=O)Nc1cccc(Cl)c1. The highest BCUT2D eigenvalue weighted by atomic mass is 35.5. The first-order chi connectivity index (χ1) is 16.5. The molecule has 0 saturated carbocycles. The number of aromatic nitrogens is 4. The maximum atomic E-state index is 12.9. The third-order valence-corrected chi connectivity index (χ3v) is 6.82. The van der Waals surface area contributed by atoms with Gasteiger partial charge in [-0.3, -0.25) is 9.36 Å². The van der Waals surface area contributed by atoms with E-state index in [0.29, 0.717) is 26.7 Å². The van der Waals surface area contributed by atoms with Gasteiger partial charge in [0.2, 0.25) is 5.91 Å². The van der Waals surface area contributed by atoms with Crippen molar-refractivity contribution in [2.45, 2.75) is 17.3 Å². The van der Waals surface area contributed by atoms with E-state index in [9.17, 15) is 4.79 Å². The Hall–Kier alpha value is -3.26. The predicted molar refractivity (Wildman–Crippen MR) is 139 cm³/mol. The number of para-hydroxylation sites is 1. The minimum absolute atomic E-state index is 0.161. The summed E-state index contributed by atoms with van der Waals surface area (Å²) in [6.07, 6.45) is 1.92. The molecule has 0 aliphatic rings. The number of nitrogens with one attached hydrogen (secondary N) is 2. The molecule has 0 spiro atoms. The quantitative estimate of drug-likeness (QED) is 0.246. The smallest absolute Gasteiger partial charge is 0.237 e. The van der Waals surface area contributed by atoms with Crippen molar-refractivity contribution < 1.29 is 4.79 Å². The van der Waals surface area contributed by atoms with E-state index in [4.69, 9.17) is 23.2 Å². The first kappa shape index (κ1) is 22.5. The second-order valence-corrected chi connectivity index (χ2v) is 9.81. The van der Waals surface area contributed by atoms with Crippen molar-refractivity contribution in [3.05, 3.63) is 89.0 Å². The summed E-state index contributed by atoms with van der Waals surface area (Å²) < 4.78 is 1.94. The molecule has 5 aromatic rings. The first-order valence-electron chi connectivity index (χ1n) is 10.5. The van der Waals surface area contributed by atoms with Gasteiger partial charge in [-0.1, -0.05) is 59.2 Å². The molecule has 2 heterocycles. The Bertz CT molecular complexity index is 1480. The van der Waals surface area contributed by atoms with E-state index in [1.807, 2.05) is 66.2 Å². The number of hydrogen-bond donors (Lipinski definition) is 2. The molecule has 3 aromatic carbocycles. The normalized spacial score (nSPS) is 12.1. The van der Waals surface area contributed by atoms with Crippen LogP contribution in [-0.2, 0) is 4.79 Å². The molecule has 1 atom stereocenters. The molecule has 0 aliphatic carbocycles. The van der Waals surface area contributed by atoms with Crippen LogP contribution in [0.4, 0.5) is 5.69 Å². The van der Waals surface area contributed by atoms with Crippen LogP contribution in [0.3, 0.4) is 0 Å². The van der Waals surface area contributed by atoms with Crippen LogP contribution < -0.4 is 5.32 Å². The second kappa shape index (κ2) is 9.54. The summed E-state index contributed by atoms with van der Waals surface area (Å²) in [4.78, 5) is 16.2. The number of halogens is 2. The van der Waals surface area contributed by atoms with E-state index >= 15 is 0 Å². The van der Waals surface area contributed by atoms with Gasteiger partial charge in [0.25, 0.3) is 0 Å². The summed E-state index contributed by atoms with van der Waals surface area (Å²) in [6, 6.07) is 22.5. The maximum absolute atomic E-state index is 12.9. The van der Waals surface area contributed by atoms with Gasteiger partial charge in [-0.15, -0.1) is 10.2 Å². The van der Waals surface area contributed by atoms with Crippen molar-refractivity contribution in [1.82, 2.24) is 19.7 Å². The maximum Gasteiger partial charge on any atom is 0.237 e. The lowest BCUT2D eigenvalue weighted by Gasteiger charge is -2.14. The molecule has 0 saturated heterocycles. The van der Waals surface area contributed by atoms with Crippen molar-refractivity contribution in [3.63, 3.8) is 0 Å². The highest BCUT2D eigenvalue weighted by Crippen LogP contribution is 2.34. The van der Waals surface area contributed by atoms with E-state index in [2.05, 4.69) is 20.5 Å². The van der Waals surface area contributed by atoms with Crippen LogP contribution in [-0.4, -0.2) is 30.9 Å². The monoisotopic (exact) mass is 507 g/mol. The molecule has 1 amide bonds. The van der Waals surface area contributed by atoms with Gasteiger partial charge in [0.05, 0.1) is 5.25 Å². The molecule has 9 heteroatoms. The van der Waals surface area contributed by atoms with Gasteiger partial charge < -0.3 is 10.3 Å². The number of hydrogen-bond acceptors (Lipinski definition) is 4. The Balaban J connectivity index is 1.51. The zero-order chi connectivity index (χ0) is 23.7. The minimum Gasteiger partial charge on any atom is -0.360 e. The summed E-state index contributed by atoms with van der Waals surface area (Å²) in [5.74, 6) is 0.510. The Labute approximate surface area is 210 Å². The zero-order valence-electron chi connectivity index (χ0n) is 18.0. The molecule has 0 bridgehead atoms. The van der Waals surface area contributed by atoms with Gasteiger partial charge in [0, 0.05) is 44.1 Å². The minimum atomic E-state index is -0.440. The number of thioether (sulfide) groups is 1. The zero-order valence-corrected chi connectivity index (χ0v) is 20.3. The highest BCUT2D eigenvalue weighted by molar-refractivity contribution is 8.00. The molecule has 0 fully saturated rings. The Morgan fingerprint density at radius 3 is 2.59 bits per heavy atom. The highest BCUT2D eigenvalue weighted by Gasteiger charge is 2.23. The summed E-state index contributed by atoms with van der Waals surface area (Å²) in [5.41, 5.74) is 3.41. The van der Waals surface area contributed by atoms with Crippen LogP contribution in [0.15, 0.2) is 84.1 Å². The van der Waals surface area contributed by atoms with Crippen molar-refractivity contribution >= 4 is 57.5 Å². The van der Waals surface area contributed by atoms with Gasteiger partial charge in [-0.2, -0.15) is 0 Å². The summed E-state index contributed by atoms with van der Waals surface area (Å²) in [7, 11) is 0. The number of amides is 1. The molecule has 6 nitrogen and oxygen atoms in total. The van der Waals surface area contributed by atoms with E-state index in [1.54, 1.807) is 24.3 Å². The topological polar surface area (TPSA) is 75.6 Å². The van der Waals surface area contributed by atoms with Gasteiger partial charge in [0.1, 0.15) is 0 Å². The van der Waals surface area contributed by atoms with Crippen LogP contribution >= 0.6 is 35.0 Å². The van der Waals surface area contributed by atoms with Crippen LogP contribution in [0.1, 0.15) is 6.92 Å². The lowest BCUT2D eigenvalue weighted by molar-refractivity contribution is -0.115. The molecule has 2 N–H and O–H groups in total. The summed E-state index contributed by atoms with van der Waals surface area (Å²) in [6.45, 7) is 1.83. The number of fused-ring (bicyclic) bond motifs is 1. The molecule has 1 unspecified atom stereocenters. The number of H-pyrrole nitrogens is 1. The fourth-order valence-electron chi connectivity index (χ4n) is 3.62. The van der Waals surface area contributed by atoms with Gasteiger partial charge in [-0.05, 0) is 55.5 Å². The molecular formula is C25H19Cl2N5OS. The number of benzene rings is 3. The number of carbonyl (C=O) groups excluding carboxylic acids is 1. The largest absolute Gasteiger partial charge is 0.360 e. The van der Waals surface area contributed by atoms with Crippen molar-refractivity contribution in [2.24, 2.45) is 0 Å². The van der Waals surface area contributed by atoms with Crippen molar-refractivity contribution in [2.75, 3.05) is 5.32 Å². The lowest BCUT2D eigenvalue weighted by atomic mass is 10.1.